The number of alkyl halides is 6. The van der Waals surface area contributed by atoms with Crippen LogP contribution in [-0.4, -0.2) is 19.9 Å². The van der Waals surface area contributed by atoms with Crippen molar-refractivity contribution in [3.8, 4) is 28.1 Å². The van der Waals surface area contributed by atoms with Crippen LogP contribution in [-0.2, 0) is 16.2 Å². The largest absolute Gasteiger partial charge is 0.573 e. The second-order valence-corrected chi connectivity index (χ2v) is 7.65. The van der Waals surface area contributed by atoms with Gasteiger partial charge >= 0.3 is 12.5 Å². The number of hydrogen-bond donors (Lipinski definition) is 1. The molecule has 0 aliphatic carbocycles. The fourth-order valence-corrected chi connectivity index (χ4v) is 3.31. The van der Waals surface area contributed by atoms with Gasteiger partial charge in [0.15, 0.2) is 0 Å². The molecule has 0 saturated heterocycles. The highest BCUT2D eigenvalue weighted by molar-refractivity contribution is 7.89. The minimum Gasteiger partial charge on any atom is -0.406 e. The maximum Gasteiger partial charge on any atom is 0.573 e. The maximum absolute atomic E-state index is 14.6. The van der Waals surface area contributed by atoms with Gasteiger partial charge in [0.25, 0.3) is 0 Å². The first kappa shape index (κ1) is 23.5. The van der Waals surface area contributed by atoms with Gasteiger partial charge in [-0.05, 0) is 24.3 Å². The van der Waals surface area contributed by atoms with E-state index in [0.717, 1.165) is 18.2 Å². The fraction of sp³-hybridized carbons (Fsp3) is 0.118. The van der Waals surface area contributed by atoms with Crippen molar-refractivity contribution in [3.05, 3.63) is 53.8 Å². The second kappa shape index (κ2) is 7.74. The molecule has 3 aromatic rings. The molecule has 32 heavy (non-hydrogen) atoms. The van der Waals surface area contributed by atoms with Gasteiger partial charge in [-0.2, -0.15) is 13.2 Å². The standard InChI is InChI=1S/C17H8F8N2O4S/c18-10-6-12(32(26,28)29)11(19)5-9(10)13-14(27-31-15(13)16(20,21)22)7-2-1-3-8(4-7)30-17(23,24)25/h1-6H,(H2,26,28,29). The Morgan fingerprint density at radius 1 is 0.969 bits per heavy atom. The SMILES string of the molecule is NS(=O)(=O)c1cc(F)c(-c2c(-c3cccc(OC(F)(F)F)c3)noc2C(F)(F)F)cc1F. The number of nitrogens with zero attached hydrogens (tertiary/aromatic N) is 1. The Morgan fingerprint density at radius 3 is 2.19 bits per heavy atom. The van der Waals surface area contributed by atoms with Crippen LogP contribution in [0.25, 0.3) is 22.4 Å². The number of hydrogen-bond acceptors (Lipinski definition) is 5. The van der Waals surface area contributed by atoms with E-state index in [-0.39, 0.29) is 12.1 Å². The van der Waals surface area contributed by atoms with Crippen LogP contribution >= 0.6 is 0 Å². The van der Waals surface area contributed by atoms with Crippen molar-refractivity contribution in [1.82, 2.24) is 5.16 Å². The summed E-state index contributed by atoms with van der Waals surface area (Å²) in [6, 6.07) is 3.64. The zero-order valence-corrected chi connectivity index (χ0v) is 15.9. The van der Waals surface area contributed by atoms with Crippen LogP contribution in [0.2, 0.25) is 0 Å². The normalized spacial score (nSPS) is 12.8. The number of aromatic nitrogens is 1. The van der Waals surface area contributed by atoms with Crippen molar-refractivity contribution >= 4 is 10.0 Å². The highest BCUT2D eigenvalue weighted by Crippen LogP contribution is 2.44. The van der Waals surface area contributed by atoms with Crippen molar-refractivity contribution in [2.75, 3.05) is 0 Å². The number of sulfonamides is 1. The summed E-state index contributed by atoms with van der Waals surface area (Å²) >= 11 is 0. The summed E-state index contributed by atoms with van der Waals surface area (Å²) in [5.74, 6) is -6.07. The Morgan fingerprint density at radius 2 is 1.62 bits per heavy atom. The molecule has 0 unspecified atom stereocenters. The third-order valence-electron chi connectivity index (χ3n) is 3.89. The van der Waals surface area contributed by atoms with E-state index in [0.29, 0.717) is 6.07 Å². The van der Waals surface area contributed by atoms with Gasteiger partial charge in [-0.15, -0.1) is 13.2 Å². The Bertz CT molecular complexity index is 1280. The van der Waals surface area contributed by atoms with Gasteiger partial charge in [-0.1, -0.05) is 17.3 Å². The second-order valence-electron chi connectivity index (χ2n) is 6.12. The summed E-state index contributed by atoms with van der Waals surface area (Å²) in [5.41, 5.74) is -3.55. The highest BCUT2D eigenvalue weighted by Gasteiger charge is 2.42. The summed E-state index contributed by atoms with van der Waals surface area (Å²) in [6.07, 6.45) is -10.4. The third-order valence-corrected chi connectivity index (χ3v) is 4.81. The molecular weight excluding hydrogens is 480 g/mol. The highest BCUT2D eigenvalue weighted by atomic mass is 32.2. The fourth-order valence-electron chi connectivity index (χ4n) is 2.71. The Hall–Kier alpha value is -3.20. The van der Waals surface area contributed by atoms with Crippen LogP contribution in [0.4, 0.5) is 35.1 Å². The molecule has 0 amide bonds. The first-order valence-corrected chi connectivity index (χ1v) is 9.58. The van der Waals surface area contributed by atoms with Crippen LogP contribution in [0.5, 0.6) is 5.75 Å². The summed E-state index contributed by atoms with van der Waals surface area (Å²) < 4.78 is 137. The van der Waals surface area contributed by atoms with Gasteiger partial charge in [0.1, 0.15) is 28.0 Å². The molecule has 15 heteroatoms. The van der Waals surface area contributed by atoms with Crippen molar-refractivity contribution in [2.45, 2.75) is 17.4 Å². The maximum atomic E-state index is 14.6. The van der Waals surface area contributed by atoms with Gasteiger partial charge < -0.3 is 9.26 Å². The summed E-state index contributed by atoms with van der Waals surface area (Å²) in [5, 5.41) is 7.88. The first-order valence-electron chi connectivity index (χ1n) is 8.03. The van der Waals surface area contributed by atoms with Crippen molar-refractivity contribution in [1.29, 1.82) is 0 Å². The summed E-state index contributed by atoms with van der Waals surface area (Å²) in [6.45, 7) is 0. The molecule has 3 rings (SSSR count). The number of ether oxygens (including phenoxy) is 1. The predicted octanol–water partition coefficient (Wildman–Crippen LogP) is 4.85. The van der Waals surface area contributed by atoms with E-state index in [1.807, 2.05) is 0 Å². The van der Waals surface area contributed by atoms with Crippen molar-refractivity contribution in [3.63, 3.8) is 0 Å². The number of nitrogens with two attached hydrogens (primary N) is 1. The molecule has 0 saturated carbocycles. The van der Waals surface area contributed by atoms with E-state index in [2.05, 4.69) is 14.4 Å². The average Bonchev–Trinajstić information content (AvgIpc) is 3.06. The molecule has 1 aromatic heterocycles. The molecule has 0 spiro atoms. The van der Waals surface area contributed by atoms with E-state index in [1.165, 1.54) is 0 Å². The van der Waals surface area contributed by atoms with Crippen molar-refractivity contribution < 1.29 is 52.8 Å². The summed E-state index contributed by atoms with van der Waals surface area (Å²) in [7, 11) is -4.76. The lowest BCUT2D eigenvalue weighted by Crippen LogP contribution is -2.17. The third kappa shape index (κ3) is 4.83. The van der Waals surface area contributed by atoms with Crippen molar-refractivity contribution in [2.24, 2.45) is 5.14 Å². The summed E-state index contributed by atoms with van der Waals surface area (Å²) in [4.78, 5) is -1.33. The van der Waals surface area contributed by atoms with Gasteiger partial charge in [-0.3, -0.25) is 0 Å². The molecule has 0 bridgehead atoms. The van der Waals surface area contributed by atoms with Gasteiger partial charge in [0, 0.05) is 11.1 Å². The lowest BCUT2D eigenvalue weighted by Gasteiger charge is -2.11. The smallest absolute Gasteiger partial charge is 0.406 e. The zero-order chi connectivity index (χ0) is 24.1. The number of rotatable bonds is 4. The molecule has 1 heterocycles. The zero-order valence-electron chi connectivity index (χ0n) is 15.1. The molecule has 2 N–H and O–H groups in total. The van der Waals surface area contributed by atoms with Gasteiger partial charge in [0.2, 0.25) is 15.8 Å². The minimum absolute atomic E-state index is 0.0557. The predicted molar refractivity (Wildman–Crippen MR) is 90.3 cm³/mol. The number of primary sulfonamides is 1. The Balaban J connectivity index is 2.28. The quantitative estimate of drug-likeness (QED) is 0.530. The first-order chi connectivity index (χ1) is 14.6. The van der Waals surface area contributed by atoms with E-state index in [1.54, 1.807) is 0 Å². The Labute approximate surface area is 173 Å². The molecule has 0 aliphatic heterocycles. The lowest BCUT2D eigenvalue weighted by molar-refractivity contribution is -0.274. The molecule has 2 aromatic carbocycles. The van der Waals surface area contributed by atoms with E-state index in [9.17, 15) is 43.5 Å². The van der Waals surface area contributed by atoms with E-state index in [4.69, 9.17) is 5.14 Å². The van der Waals surface area contributed by atoms with Crippen LogP contribution < -0.4 is 9.88 Å². The molecule has 0 fully saturated rings. The Kier molecular flexibility index (Phi) is 5.67. The topological polar surface area (TPSA) is 95.4 Å². The van der Waals surface area contributed by atoms with E-state index >= 15 is 0 Å². The molecular formula is C17H8F8N2O4S. The van der Waals surface area contributed by atoms with Crippen LogP contribution in [0.15, 0.2) is 45.8 Å². The van der Waals surface area contributed by atoms with Gasteiger partial charge in [0.05, 0.1) is 5.56 Å². The molecule has 0 atom stereocenters. The van der Waals surface area contributed by atoms with Gasteiger partial charge in [-0.25, -0.2) is 22.3 Å². The average molecular weight is 488 g/mol. The minimum atomic E-state index is -5.29. The van der Waals surface area contributed by atoms with Crippen LogP contribution in [0.3, 0.4) is 0 Å². The monoisotopic (exact) mass is 488 g/mol. The van der Waals surface area contributed by atoms with Crippen LogP contribution in [0, 0.1) is 11.6 Å². The number of benzene rings is 2. The molecule has 6 nitrogen and oxygen atoms in total. The molecule has 0 aliphatic rings. The molecule has 0 radical (unpaired) electrons. The van der Waals surface area contributed by atoms with E-state index < -0.39 is 73.0 Å². The molecule has 172 valence electrons. The number of halogens is 8. The van der Waals surface area contributed by atoms with Crippen LogP contribution in [0.1, 0.15) is 5.76 Å². The lowest BCUT2D eigenvalue weighted by atomic mass is 9.98.